The SMILES string of the molecule is CC(O)C(C)N(CCC#N)c1ccccc1. The molecule has 1 rings (SSSR count). The Morgan fingerprint density at radius 2 is 1.94 bits per heavy atom. The Morgan fingerprint density at radius 3 is 2.44 bits per heavy atom. The van der Waals surface area contributed by atoms with Crippen LogP contribution in [-0.4, -0.2) is 23.8 Å². The number of nitriles is 1. The third-order valence-electron chi connectivity index (χ3n) is 2.74. The van der Waals surface area contributed by atoms with Gasteiger partial charge in [0.05, 0.1) is 24.6 Å². The van der Waals surface area contributed by atoms with E-state index in [1.165, 1.54) is 0 Å². The van der Waals surface area contributed by atoms with Crippen molar-refractivity contribution in [1.82, 2.24) is 0 Å². The zero-order valence-electron chi connectivity index (χ0n) is 9.80. The number of para-hydroxylation sites is 1. The first kappa shape index (κ1) is 12.5. The average Bonchev–Trinajstić information content (AvgIpc) is 2.30. The molecule has 86 valence electrons. The van der Waals surface area contributed by atoms with Crippen LogP contribution >= 0.6 is 0 Å². The van der Waals surface area contributed by atoms with Crippen LogP contribution in [0, 0.1) is 11.3 Å². The van der Waals surface area contributed by atoms with Crippen molar-refractivity contribution in [2.75, 3.05) is 11.4 Å². The van der Waals surface area contributed by atoms with E-state index in [2.05, 4.69) is 11.0 Å². The molecule has 0 bridgehead atoms. The van der Waals surface area contributed by atoms with Crippen molar-refractivity contribution in [3.63, 3.8) is 0 Å². The maximum atomic E-state index is 9.63. The van der Waals surface area contributed by atoms with Crippen LogP contribution in [0.2, 0.25) is 0 Å². The molecule has 1 N–H and O–H groups in total. The van der Waals surface area contributed by atoms with Crippen molar-refractivity contribution in [2.24, 2.45) is 0 Å². The fourth-order valence-electron chi connectivity index (χ4n) is 1.62. The molecule has 0 heterocycles. The highest BCUT2D eigenvalue weighted by molar-refractivity contribution is 5.47. The second-order valence-corrected chi connectivity index (χ2v) is 3.92. The fourth-order valence-corrected chi connectivity index (χ4v) is 1.62. The lowest BCUT2D eigenvalue weighted by Gasteiger charge is -2.32. The van der Waals surface area contributed by atoms with Crippen molar-refractivity contribution >= 4 is 5.69 Å². The van der Waals surface area contributed by atoms with Gasteiger partial charge < -0.3 is 10.0 Å². The fraction of sp³-hybridized carbons (Fsp3) is 0.462. The summed E-state index contributed by atoms with van der Waals surface area (Å²) >= 11 is 0. The van der Waals surface area contributed by atoms with E-state index >= 15 is 0 Å². The van der Waals surface area contributed by atoms with Crippen LogP contribution < -0.4 is 4.90 Å². The van der Waals surface area contributed by atoms with E-state index in [0.29, 0.717) is 13.0 Å². The van der Waals surface area contributed by atoms with Gasteiger partial charge in [-0.2, -0.15) is 5.26 Å². The van der Waals surface area contributed by atoms with E-state index in [1.54, 1.807) is 6.92 Å². The molecule has 1 aromatic carbocycles. The van der Waals surface area contributed by atoms with E-state index in [0.717, 1.165) is 5.69 Å². The molecule has 0 saturated heterocycles. The molecule has 0 aromatic heterocycles. The molecule has 2 unspecified atom stereocenters. The van der Waals surface area contributed by atoms with Crippen LogP contribution in [0.1, 0.15) is 20.3 Å². The molecule has 0 aliphatic carbocycles. The Hall–Kier alpha value is -1.53. The van der Waals surface area contributed by atoms with Gasteiger partial charge in [-0.3, -0.25) is 0 Å². The van der Waals surface area contributed by atoms with Gasteiger partial charge in [-0.1, -0.05) is 18.2 Å². The predicted octanol–water partition coefficient (Wildman–Crippen LogP) is 2.18. The van der Waals surface area contributed by atoms with E-state index in [4.69, 9.17) is 5.26 Å². The van der Waals surface area contributed by atoms with Gasteiger partial charge in [0.15, 0.2) is 0 Å². The van der Waals surface area contributed by atoms with Gasteiger partial charge in [-0.15, -0.1) is 0 Å². The van der Waals surface area contributed by atoms with Gasteiger partial charge in [0.1, 0.15) is 0 Å². The molecule has 1 aromatic rings. The number of hydrogen-bond acceptors (Lipinski definition) is 3. The maximum absolute atomic E-state index is 9.63. The van der Waals surface area contributed by atoms with Gasteiger partial charge in [-0.05, 0) is 26.0 Å². The van der Waals surface area contributed by atoms with E-state index < -0.39 is 6.10 Å². The molecule has 2 atom stereocenters. The van der Waals surface area contributed by atoms with Crippen LogP contribution in [-0.2, 0) is 0 Å². The number of nitrogens with zero attached hydrogens (tertiary/aromatic N) is 2. The monoisotopic (exact) mass is 218 g/mol. The standard InChI is InChI=1S/C13H18N2O/c1-11(12(2)16)15(10-6-9-14)13-7-4-3-5-8-13/h3-5,7-8,11-12,16H,6,10H2,1-2H3. The minimum atomic E-state index is -0.418. The summed E-state index contributed by atoms with van der Waals surface area (Å²) in [5, 5.41) is 18.3. The van der Waals surface area contributed by atoms with E-state index in [9.17, 15) is 5.11 Å². The third kappa shape index (κ3) is 3.25. The van der Waals surface area contributed by atoms with Gasteiger partial charge >= 0.3 is 0 Å². The van der Waals surface area contributed by atoms with Crippen LogP contribution in [0.4, 0.5) is 5.69 Å². The highest BCUT2D eigenvalue weighted by atomic mass is 16.3. The van der Waals surface area contributed by atoms with Gasteiger partial charge in [0.25, 0.3) is 0 Å². The number of aliphatic hydroxyl groups excluding tert-OH is 1. The van der Waals surface area contributed by atoms with Crippen molar-refractivity contribution in [2.45, 2.75) is 32.4 Å². The zero-order chi connectivity index (χ0) is 12.0. The van der Waals surface area contributed by atoms with Crippen LogP contribution in [0.15, 0.2) is 30.3 Å². The van der Waals surface area contributed by atoms with Crippen molar-refractivity contribution in [1.29, 1.82) is 5.26 Å². The number of aliphatic hydroxyl groups is 1. The molecule has 0 aliphatic heterocycles. The molecule has 3 heteroatoms. The number of anilines is 1. The van der Waals surface area contributed by atoms with Crippen LogP contribution in [0.25, 0.3) is 0 Å². The summed E-state index contributed by atoms with van der Waals surface area (Å²) in [5.41, 5.74) is 1.05. The van der Waals surface area contributed by atoms with Crippen LogP contribution in [0.5, 0.6) is 0 Å². The normalized spacial score (nSPS) is 13.9. The van der Waals surface area contributed by atoms with Crippen molar-refractivity contribution in [3.05, 3.63) is 30.3 Å². The topological polar surface area (TPSA) is 47.3 Å². The first-order valence-electron chi connectivity index (χ1n) is 5.53. The second kappa shape index (κ2) is 6.14. The summed E-state index contributed by atoms with van der Waals surface area (Å²) in [6.07, 6.45) is 0.0466. The molecule has 0 fully saturated rings. The van der Waals surface area contributed by atoms with Gasteiger partial charge in [0.2, 0.25) is 0 Å². The summed E-state index contributed by atoms with van der Waals surface area (Å²) in [4.78, 5) is 2.06. The number of hydrogen-bond donors (Lipinski definition) is 1. The Balaban J connectivity index is 2.84. The summed E-state index contributed by atoms with van der Waals surface area (Å²) in [7, 11) is 0. The second-order valence-electron chi connectivity index (χ2n) is 3.92. The molecular formula is C13H18N2O. The maximum Gasteiger partial charge on any atom is 0.0712 e. The van der Waals surface area contributed by atoms with Gasteiger partial charge in [0, 0.05) is 12.2 Å². The molecule has 0 radical (unpaired) electrons. The Bertz CT molecular complexity index is 343. The molecule has 0 saturated carbocycles. The Kier molecular flexibility index (Phi) is 4.81. The molecule has 3 nitrogen and oxygen atoms in total. The Labute approximate surface area is 96.9 Å². The molecule has 0 spiro atoms. The lowest BCUT2D eigenvalue weighted by Crippen LogP contribution is -2.41. The predicted molar refractivity (Wildman–Crippen MR) is 65.2 cm³/mol. The van der Waals surface area contributed by atoms with Gasteiger partial charge in [-0.25, -0.2) is 0 Å². The summed E-state index contributed by atoms with van der Waals surface area (Å²) in [6.45, 7) is 4.38. The lowest BCUT2D eigenvalue weighted by atomic mass is 10.1. The highest BCUT2D eigenvalue weighted by Crippen LogP contribution is 2.18. The number of benzene rings is 1. The highest BCUT2D eigenvalue weighted by Gasteiger charge is 2.18. The summed E-state index contributed by atoms with van der Waals surface area (Å²) in [6, 6.07) is 12.0. The first-order valence-corrected chi connectivity index (χ1v) is 5.53. The van der Waals surface area contributed by atoms with E-state index in [-0.39, 0.29) is 6.04 Å². The average molecular weight is 218 g/mol. The lowest BCUT2D eigenvalue weighted by molar-refractivity contribution is 0.165. The molecule has 16 heavy (non-hydrogen) atoms. The summed E-state index contributed by atoms with van der Waals surface area (Å²) < 4.78 is 0. The largest absolute Gasteiger partial charge is 0.391 e. The minimum Gasteiger partial charge on any atom is -0.391 e. The van der Waals surface area contributed by atoms with Crippen molar-refractivity contribution in [3.8, 4) is 6.07 Å². The van der Waals surface area contributed by atoms with E-state index in [1.807, 2.05) is 37.3 Å². The minimum absolute atomic E-state index is 0.00995. The Morgan fingerprint density at radius 1 is 1.31 bits per heavy atom. The third-order valence-corrected chi connectivity index (χ3v) is 2.74. The van der Waals surface area contributed by atoms with Crippen LogP contribution in [0.3, 0.4) is 0 Å². The molecule has 0 amide bonds. The smallest absolute Gasteiger partial charge is 0.0712 e. The quantitative estimate of drug-likeness (QED) is 0.824. The summed E-state index contributed by atoms with van der Waals surface area (Å²) in [5.74, 6) is 0. The number of rotatable bonds is 5. The first-order chi connectivity index (χ1) is 7.66. The van der Waals surface area contributed by atoms with Crippen molar-refractivity contribution < 1.29 is 5.11 Å². The molecule has 0 aliphatic rings. The zero-order valence-corrected chi connectivity index (χ0v) is 9.80. The molecular weight excluding hydrogens is 200 g/mol.